The fourth-order valence-electron chi connectivity index (χ4n) is 2.98. The lowest BCUT2D eigenvalue weighted by molar-refractivity contribution is 0.0902. The number of para-hydroxylation sites is 1. The molecule has 136 valence electrons. The topological polar surface area (TPSA) is 76.4 Å². The summed E-state index contributed by atoms with van der Waals surface area (Å²) in [6, 6.07) is 7.50. The predicted molar refractivity (Wildman–Crippen MR) is 97.6 cm³/mol. The molecule has 0 saturated carbocycles. The number of aliphatic hydroxyl groups is 1. The van der Waals surface area contributed by atoms with Crippen molar-refractivity contribution >= 4 is 5.91 Å². The van der Waals surface area contributed by atoms with Crippen LogP contribution in [0.3, 0.4) is 0 Å². The average Bonchev–Trinajstić information content (AvgIpc) is 2.93. The molecule has 1 amide bonds. The van der Waals surface area contributed by atoms with Crippen molar-refractivity contribution in [2.24, 2.45) is 12.5 Å². The first kappa shape index (κ1) is 19.0. The second-order valence-corrected chi connectivity index (χ2v) is 7.17. The van der Waals surface area contributed by atoms with Crippen LogP contribution in [0.5, 0.6) is 5.75 Å². The van der Waals surface area contributed by atoms with E-state index in [1.807, 2.05) is 38.1 Å². The van der Waals surface area contributed by atoms with Gasteiger partial charge in [0.25, 0.3) is 5.91 Å². The zero-order chi connectivity index (χ0) is 18.6. The van der Waals surface area contributed by atoms with Crippen LogP contribution in [0.4, 0.5) is 0 Å². The molecule has 6 heteroatoms. The largest absolute Gasteiger partial charge is 0.496 e. The number of ether oxygens (including phenoxy) is 1. The molecule has 0 fully saturated rings. The number of benzene rings is 1. The molecular formula is C19H27N3O3. The van der Waals surface area contributed by atoms with E-state index in [0.717, 1.165) is 5.56 Å². The Balaban J connectivity index is 2.24. The van der Waals surface area contributed by atoms with Crippen LogP contribution in [0.2, 0.25) is 0 Å². The lowest BCUT2D eigenvalue weighted by Crippen LogP contribution is -2.35. The van der Waals surface area contributed by atoms with E-state index in [9.17, 15) is 9.90 Å². The highest BCUT2D eigenvalue weighted by Crippen LogP contribution is 2.31. The number of carbonyl (C=O) groups excluding carboxylic acids is 1. The molecule has 1 atom stereocenters. The van der Waals surface area contributed by atoms with Gasteiger partial charge in [-0.1, -0.05) is 26.0 Å². The van der Waals surface area contributed by atoms with Crippen molar-refractivity contribution in [3.05, 3.63) is 36.0 Å². The van der Waals surface area contributed by atoms with E-state index in [1.54, 1.807) is 32.0 Å². The fraction of sp³-hybridized carbons (Fsp3) is 0.474. The second kappa shape index (κ2) is 7.70. The Morgan fingerprint density at radius 2 is 2.08 bits per heavy atom. The van der Waals surface area contributed by atoms with Crippen LogP contribution in [0, 0.1) is 5.41 Å². The number of aromatic nitrogens is 2. The molecule has 2 N–H and O–H groups in total. The minimum absolute atomic E-state index is 0.187. The molecule has 1 aromatic heterocycles. The monoisotopic (exact) mass is 345 g/mol. The fourth-order valence-corrected chi connectivity index (χ4v) is 2.98. The van der Waals surface area contributed by atoms with E-state index in [1.165, 1.54) is 0 Å². The van der Waals surface area contributed by atoms with Crippen molar-refractivity contribution in [3.8, 4) is 17.0 Å². The summed E-state index contributed by atoms with van der Waals surface area (Å²) in [6.07, 6.45) is 1.91. The number of hydrogen-bond acceptors (Lipinski definition) is 4. The van der Waals surface area contributed by atoms with E-state index in [4.69, 9.17) is 4.74 Å². The summed E-state index contributed by atoms with van der Waals surface area (Å²) in [6.45, 7) is 6.26. The van der Waals surface area contributed by atoms with Gasteiger partial charge in [-0.15, -0.1) is 0 Å². The summed E-state index contributed by atoms with van der Waals surface area (Å²) >= 11 is 0. The van der Waals surface area contributed by atoms with E-state index in [-0.39, 0.29) is 11.3 Å². The number of nitrogens with one attached hydrogen (secondary N) is 1. The molecule has 1 aromatic carbocycles. The highest BCUT2D eigenvalue weighted by atomic mass is 16.5. The molecule has 1 heterocycles. The molecule has 0 aliphatic rings. The zero-order valence-corrected chi connectivity index (χ0v) is 15.5. The highest BCUT2D eigenvalue weighted by molar-refractivity contribution is 6.00. The minimum atomic E-state index is -0.408. The molecule has 25 heavy (non-hydrogen) atoms. The number of rotatable bonds is 7. The van der Waals surface area contributed by atoms with Crippen LogP contribution in [-0.4, -0.2) is 40.6 Å². The highest BCUT2D eigenvalue weighted by Gasteiger charge is 2.24. The minimum Gasteiger partial charge on any atom is -0.496 e. The standard InChI is InChI=1S/C19H27N3O3/c1-13(23)10-19(2,3)12-20-18(24)15-11-22(4)21-17(15)14-8-6-7-9-16(14)25-5/h6-9,11,13,23H,10,12H2,1-5H3,(H,20,24). The molecule has 0 aliphatic carbocycles. The number of aryl methyl sites for hydroxylation is 1. The number of aliphatic hydroxyl groups excluding tert-OH is 1. The van der Waals surface area contributed by atoms with E-state index < -0.39 is 6.10 Å². The van der Waals surface area contributed by atoms with Gasteiger partial charge in [0, 0.05) is 25.4 Å². The van der Waals surface area contributed by atoms with Gasteiger partial charge in [-0.05, 0) is 30.9 Å². The summed E-state index contributed by atoms with van der Waals surface area (Å²) in [7, 11) is 3.38. The molecule has 6 nitrogen and oxygen atoms in total. The summed E-state index contributed by atoms with van der Waals surface area (Å²) in [5.41, 5.74) is 1.67. The van der Waals surface area contributed by atoms with Crippen LogP contribution in [0.25, 0.3) is 11.3 Å². The van der Waals surface area contributed by atoms with E-state index >= 15 is 0 Å². The quantitative estimate of drug-likeness (QED) is 0.809. The van der Waals surface area contributed by atoms with E-state index in [0.29, 0.717) is 30.0 Å². The van der Waals surface area contributed by atoms with Crippen LogP contribution < -0.4 is 10.1 Å². The van der Waals surface area contributed by atoms with Crippen LogP contribution >= 0.6 is 0 Å². The van der Waals surface area contributed by atoms with E-state index in [2.05, 4.69) is 10.4 Å². The number of nitrogens with zero attached hydrogens (tertiary/aromatic N) is 2. The summed E-state index contributed by atoms with van der Waals surface area (Å²) < 4.78 is 7.02. The third-order valence-electron chi connectivity index (χ3n) is 4.01. The Morgan fingerprint density at radius 1 is 1.40 bits per heavy atom. The van der Waals surface area contributed by atoms with Crippen molar-refractivity contribution in [2.75, 3.05) is 13.7 Å². The Bertz CT molecular complexity index is 735. The number of amides is 1. The summed E-state index contributed by atoms with van der Waals surface area (Å²) in [5.74, 6) is 0.484. The maximum Gasteiger partial charge on any atom is 0.255 e. The van der Waals surface area contributed by atoms with Gasteiger partial charge in [-0.25, -0.2) is 0 Å². The van der Waals surface area contributed by atoms with Gasteiger partial charge < -0.3 is 15.2 Å². The maximum atomic E-state index is 12.7. The average molecular weight is 345 g/mol. The zero-order valence-electron chi connectivity index (χ0n) is 15.5. The third-order valence-corrected chi connectivity index (χ3v) is 4.01. The first-order valence-corrected chi connectivity index (χ1v) is 8.37. The molecule has 2 rings (SSSR count). The second-order valence-electron chi connectivity index (χ2n) is 7.17. The molecule has 0 bridgehead atoms. The Kier molecular flexibility index (Phi) is 5.85. The van der Waals surface area contributed by atoms with Crippen molar-refractivity contribution in [1.29, 1.82) is 0 Å². The van der Waals surface area contributed by atoms with Gasteiger partial charge in [0.1, 0.15) is 11.4 Å². The lowest BCUT2D eigenvalue weighted by atomic mass is 9.87. The van der Waals surface area contributed by atoms with Gasteiger partial charge in [-0.2, -0.15) is 5.10 Å². The van der Waals surface area contributed by atoms with Gasteiger partial charge in [0.05, 0.1) is 18.8 Å². The number of hydrogen-bond donors (Lipinski definition) is 2. The molecular weight excluding hydrogens is 318 g/mol. The first-order valence-electron chi connectivity index (χ1n) is 8.37. The Labute approximate surface area is 148 Å². The van der Waals surface area contributed by atoms with Gasteiger partial charge in [0.15, 0.2) is 0 Å². The predicted octanol–water partition coefficient (Wildman–Crippen LogP) is 2.62. The summed E-state index contributed by atoms with van der Waals surface area (Å²) in [5, 5.41) is 17.0. The Hall–Kier alpha value is -2.34. The van der Waals surface area contributed by atoms with Crippen LogP contribution in [0.15, 0.2) is 30.5 Å². The summed E-state index contributed by atoms with van der Waals surface area (Å²) in [4.78, 5) is 12.7. The third kappa shape index (κ3) is 4.82. The smallest absolute Gasteiger partial charge is 0.255 e. The maximum absolute atomic E-state index is 12.7. The van der Waals surface area contributed by atoms with Crippen molar-refractivity contribution < 1.29 is 14.6 Å². The lowest BCUT2D eigenvalue weighted by Gasteiger charge is -2.26. The normalized spacial score (nSPS) is 12.7. The van der Waals surface area contributed by atoms with Crippen molar-refractivity contribution in [3.63, 3.8) is 0 Å². The number of carbonyl (C=O) groups is 1. The molecule has 0 spiro atoms. The molecule has 1 unspecified atom stereocenters. The van der Waals surface area contributed by atoms with Crippen molar-refractivity contribution in [1.82, 2.24) is 15.1 Å². The SMILES string of the molecule is COc1ccccc1-c1nn(C)cc1C(=O)NCC(C)(C)CC(C)O. The number of methoxy groups -OCH3 is 1. The first-order chi connectivity index (χ1) is 11.7. The Morgan fingerprint density at radius 3 is 2.72 bits per heavy atom. The van der Waals surface area contributed by atoms with Crippen LogP contribution in [0.1, 0.15) is 37.6 Å². The van der Waals surface area contributed by atoms with Gasteiger partial charge in [-0.3, -0.25) is 9.48 Å². The molecule has 0 radical (unpaired) electrons. The molecule has 0 aliphatic heterocycles. The molecule has 0 saturated heterocycles. The van der Waals surface area contributed by atoms with Crippen LogP contribution in [-0.2, 0) is 7.05 Å². The molecule has 2 aromatic rings. The van der Waals surface area contributed by atoms with Gasteiger partial charge in [0.2, 0.25) is 0 Å². The van der Waals surface area contributed by atoms with Crippen molar-refractivity contribution in [2.45, 2.75) is 33.3 Å². The van der Waals surface area contributed by atoms with Gasteiger partial charge >= 0.3 is 0 Å².